The first kappa shape index (κ1) is 14.9. The van der Waals surface area contributed by atoms with Gasteiger partial charge in [-0.2, -0.15) is 0 Å². The normalized spacial score (nSPS) is 10.4. The third kappa shape index (κ3) is 3.54. The summed E-state index contributed by atoms with van der Waals surface area (Å²) in [7, 11) is 0. The van der Waals surface area contributed by atoms with Gasteiger partial charge in [0.2, 0.25) is 0 Å². The number of aromatic nitrogens is 2. The molecular weight excluding hydrogens is 305 g/mol. The predicted molar refractivity (Wildman–Crippen MR) is 67.4 cm³/mol. The monoisotopic (exact) mass is 313 g/mol. The summed E-state index contributed by atoms with van der Waals surface area (Å²) in [5, 5.41) is 17.7. The smallest absolute Gasteiger partial charge is 0.396 e. The van der Waals surface area contributed by atoms with Gasteiger partial charge in [0.1, 0.15) is 5.82 Å². The standard InChI is InChI=1S/C11H8FN3O5S/c1-2-19-10(16)9-13-14-11(20-9)21-8-5-6(12)3-4-7(8)15(17)18/h3-5H,2H2,1H3. The number of carbonyl (C=O) groups is 1. The van der Waals surface area contributed by atoms with E-state index in [-0.39, 0.29) is 28.3 Å². The zero-order chi connectivity index (χ0) is 15.4. The van der Waals surface area contributed by atoms with Crippen molar-refractivity contribution in [3.8, 4) is 0 Å². The largest absolute Gasteiger partial charge is 0.459 e. The lowest BCUT2D eigenvalue weighted by Gasteiger charge is -1.99. The molecule has 0 aliphatic carbocycles. The van der Waals surface area contributed by atoms with E-state index in [0.29, 0.717) is 11.8 Å². The summed E-state index contributed by atoms with van der Waals surface area (Å²) in [6.07, 6.45) is 0. The number of hydrogen-bond acceptors (Lipinski definition) is 8. The zero-order valence-corrected chi connectivity index (χ0v) is 11.4. The molecule has 0 bridgehead atoms. The minimum Gasteiger partial charge on any atom is -0.459 e. The number of ether oxygens (including phenoxy) is 1. The molecular formula is C11H8FN3O5S. The molecule has 0 unspecified atom stereocenters. The quantitative estimate of drug-likeness (QED) is 0.470. The molecule has 0 amide bonds. The molecule has 0 saturated heterocycles. The molecule has 0 fully saturated rings. The van der Waals surface area contributed by atoms with E-state index in [0.717, 1.165) is 18.2 Å². The maximum absolute atomic E-state index is 13.2. The summed E-state index contributed by atoms with van der Waals surface area (Å²) >= 11 is 0.683. The van der Waals surface area contributed by atoms with Crippen LogP contribution in [0.3, 0.4) is 0 Å². The highest BCUT2D eigenvalue weighted by molar-refractivity contribution is 7.99. The molecule has 21 heavy (non-hydrogen) atoms. The Morgan fingerprint density at radius 2 is 2.29 bits per heavy atom. The van der Waals surface area contributed by atoms with E-state index in [1.54, 1.807) is 6.92 Å². The highest BCUT2D eigenvalue weighted by atomic mass is 32.2. The topological polar surface area (TPSA) is 108 Å². The van der Waals surface area contributed by atoms with E-state index in [1.807, 2.05) is 0 Å². The van der Waals surface area contributed by atoms with E-state index in [2.05, 4.69) is 14.9 Å². The van der Waals surface area contributed by atoms with Gasteiger partial charge in [-0.15, -0.1) is 5.10 Å². The lowest BCUT2D eigenvalue weighted by atomic mass is 10.3. The third-order valence-corrected chi connectivity index (χ3v) is 3.06. The van der Waals surface area contributed by atoms with Crippen molar-refractivity contribution in [2.24, 2.45) is 0 Å². The Morgan fingerprint density at radius 3 is 2.95 bits per heavy atom. The summed E-state index contributed by atoms with van der Waals surface area (Å²) in [6, 6.07) is 2.97. The van der Waals surface area contributed by atoms with Crippen LogP contribution in [0.25, 0.3) is 0 Å². The van der Waals surface area contributed by atoms with Crippen LogP contribution in [-0.4, -0.2) is 27.7 Å². The predicted octanol–water partition coefficient (Wildman–Crippen LogP) is 2.44. The molecule has 0 N–H and O–H groups in total. The van der Waals surface area contributed by atoms with Crippen LogP contribution in [0, 0.1) is 15.9 Å². The Bertz CT molecular complexity index is 690. The summed E-state index contributed by atoms with van der Waals surface area (Å²) in [5.41, 5.74) is -0.308. The van der Waals surface area contributed by atoms with Crippen molar-refractivity contribution in [2.75, 3.05) is 6.61 Å². The Labute approximate surface area is 121 Å². The first-order valence-electron chi connectivity index (χ1n) is 5.63. The molecule has 1 aromatic carbocycles. The number of nitro groups is 1. The Hall–Kier alpha value is -2.49. The number of benzene rings is 1. The van der Waals surface area contributed by atoms with Gasteiger partial charge in [0.15, 0.2) is 0 Å². The molecule has 1 heterocycles. The fraction of sp³-hybridized carbons (Fsp3) is 0.182. The molecule has 0 aliphatic rings. The van der Waals surface area contributed by atoms with Gasteiger partial charge in [0, 0.05) is 6.07 Å². The first-order chi connectivity index (χ1) is 10.0. The van der Waals surface area contributed by atoms with Crippen molar-refractivity contribution in [1.82, 2.24) is 10.2 Å². The third-order valence-electron chi connectivity index (χ3n) is 2.17. The molecule has 1 aromatic heterocycles. The molecule has 8 nitrogen and oxygen atoms in total. The average Bonchev–Trinajstić information content (AvgIpc) is 2.87. The van der Waals surface area contributed by atoms with Crippen LogP contribution in [0.15, 0.2) is 32.7 Å². The Kier molecular flexibility index (Phi) is 4.48. The lowest BCUT2D eigenvalue weighted by Crippen LogP contribution is -2.04. The second kappa shape index (κ2) is 6.31. The summed E-state index contributed by atoms with van der Waals surface area (Å²) in [6.45, 7) is 1.75. The zero-order valence-electron chi connectivity index (χ0n) is 10.6. The van der Waals surface area contributed by atoms with Crippen molar-refractivity contribution in [3.05, 3.63) is 40.0 Å². The number of halogens is 1. The van der Waals surface area contributed by atoms with Crippen LogP contribution in [-0.2, 0) is 4.74 Å². The number of hydrogen-bond donors (Lipinski definition) is 0. The van der Waals surface area contributed by atoms with Gasteiger partial charge in [-0.1, -0.05) is 5.10 Å². The van der Waals surface area contributed by atoms with E-state index in [4.69, 9.17) is 4.42 Å². The molecule has 0 spiro atoms. The van der Waals surface area contributed by atoms with Crippen LogP contribution in [0.1, 0.15) is 17.6 Å². The van der Waals surface area contributed by atoms with E-state index < -0.39 is 16.7 Å². The molecule has 0 aliphatic heterocycles. The minimum atomic E-state index is -0.800. The summed E-state index contributed by atoms with van der Waals surface area (Å²) in [5.74, 6) is -1.82. The van der Waals surface area contributed by atoms with Gasteiger partial charge < -0.3 is 9.15 Å². The lowest BCUT2D eigenvalue weighted by molar-refractivity contribution is -0.387. The number of nitrogens with zero attached hydrogens (tertiary/aromatic N) is 3. The van der Waals surface area contributed by atoms with Crippen LogP contribution in [0.5, 0.6) is 0 Å². The van der Waals surface area contributed by atoms with Gasteiger partial charge >= 0.3 is 11.9 Å². The van der Waals surface area contributed by atoms with Crippen molar-refractivity contribution in [1.29, 1.82) is 0 Å². The minimum absolute atomic E-state index is 0.0148. The first-order valence-corrected chi connectivity index (χ1v) is 6.45. The SMILES string of the molecule is CCOC(=O)c1nnc(Sc2cc(F)ccc2[N+](=O)[O-])o1. The van der Waals surface area contributed by atoms with Crippen molar-refractivity contribution >= 4 is 23.4 Å². The fourth-order valence-electron chi connectivity index (χ4n) is 1.34. The summed E-state index contributed by atoms with van der Waals surface area (Å²) < 4.78 is 22.8. The van der Waals surface area contributed by atoms with Gasteiger partial charge in [-0.3, -0.25) is 10.1 Å². The average molecular weight is 313 g/mol. The second-order valence-electron chi connectivity index (χ2n) is 3.56. The van der Waals surface area contributed by atoms with E-state index in [9.17, 15) is 19.3 Å². The fourth-order valence-corrected chi connectivity index (χ4v) is 2.15. The van der Waals surface area contributed by atoms with Crippen LogP contribution in [0.2, 0.25) is 0 Å². The number of nitro benzene ring substituents is 1. The van der Waals surface area contributed by atoms with Gasteiger partial charge in [-0.25, -0.2) is 9.18 Å². The Morgan fingerprint density at radius 1 is 1.52 bits per heavy atom. The van der Waals surface area contributed by atoms with Gasteiger partial charge in [0.05, 0.1) is 16.4 Å². The number of esters is 1. The van der Waals surface area contributed by atoms with Crippen LogP contribution in [0.4, 0.5) is 10.1 Å². The van der Waals surface area contributed by atoms with Crippen LogP contribution >= 0.6 is 11.8 Å². The highest BCUT2D eigenvalue weighted by Gasteiger charge is 2.21. The Balaban J connectivity index is 2.24. The maximum Gasteiger partial charge on any atom is 0.396 e. The molecule has 0 atom stereocenters. The van der Waals surface area contributed by atoms with Crippen molar-refractivity contribution < 1.29 is 23.3 Å². The molecule has 2 aromatic rings. The van der Waals surface area contributed by atoms with Gasteiger partial charge in [-0.05, 0) is 30.8 Å². The maximum atomic E-state index is 13.2. The van der Waals surface area contributed by atoms with Gasteiger partial charge in [0.25, 0.3) is 10.9 Å². The highest BCUT2D eigenvalue weighted by Crippen LogP contribution is 2.34. The molecule has 2 rings (SSSR count). The van der Waals surface area contributed by atoms with Crippen molar-refractivity contribution in [3.63, 3.8) is 0 Å². The summed E-state index contributed by atoms with van der Waals surface area (Å²) in [4.78, 5) is 21.5. The molecule has 0 radical (unpaired) electrons. The molecule has 0 saturated carbocycles. The van der Waals surface area contributed by atoms with E-state index >= 15 is 0 Å². The van der Waals surface area contributed by atoms with E-state index in [1.165, 1.54) is 0 Å². The number of carbonyl (C=O) groups excluding carboxylic acids is 1. The number of rotatable bonds is 5. The van der Waals surface area contributed by atoms with Crippen LogP contribution < -0.4 is 0 Å². The molecule has 10 heteroatoms. The second-order valence-corrected chi connectivity index (χ2v) is 4.56. The van der Waals surface area contributed by atoms with Crippen molar-refractivity contribution in [2.45, 2.75) is 17.0 Å². The molecule has 110 valence electrons.